The maximum atomic E-state index is 6.42. The fraction of sp³-hybridized carbons (Fsp3) is 0.571. The molecule has 1 saturated heterocycles. The maximum absolute atomic E-state index is 6.42. The SMILES string of the molecule is COc1c(C)c(C)c(Br)c(C)c1C(N)C1CNC1. The van der Waals surface area contributed by atoms with E-state index in [0.29, 0.717) is 5.92 Å². The van der Waals surface area contributed by atoms with Crippen molar-refractivity contribution in [2.75, 3.05) is 20.2 Å². The van der Waals surface area contributed by atoms with Crippen LogP contribution in [0.1, 0.15) is 28.3 Å². The van der Waals surface area contributed by atoms with Crippen molar-refractivity contribution in [3.05, 3.63) is 26.7 Å². The minimum atomic E-state index is 0.0387. The number of benzene rings is 1. The van der Waals surface area contributed by atoms with E-state index in [1.54, 1.807) is 7.11 Å². The Labute approximate surface area is 117 Å². The van der Waals surface area contributed by atoms with Crippen LogP contribution >= 0.6 is 15.9 Å². The van der Waals surface area contributed by atoms with Crippen LogP contribution in [0, 0.1) is 26.7 Å². The molecule has 4 heteroatoms. The first-order valence-corrected chi connectivity index (χ1v) is 7.07. The first-order valence-electron chi connectivity index (χ1n) is 6.28. The number of methoxy groups -OCH3 is 1. The van der Waals surface area contributed by atoms with E-state index < -0.39 is 0 Å². The lowest BCUT2D eigenvalue weighted by atomic mass is 9.85. The predicted molar refractivity (Wildman–Crippen MR) is 78.2 cm³/mol. The van der Waals surface area contributed by atoms with E-state index in [4.69, 9.17) is 10.5 Å². The number of rotatable bonds is 3. The summed E-state index contributed by atoms with van der Waals surface area (Å²) in [6.45, 7) is 8.30. The van der Waals surface area contributed by atoms with Crippen molar-refractivity contribution in [1.29, 1.82) is 0 Å². The fourth-order valence-electron chi connectivity index (χ4n) is 2.57. The molecule has 1 fully saturated rings. The molecule has 0 radical (unpaired) electrons. The van der Waals surface area contributed by atoms with Gasteiger partial charge in [-0.15, -0.1) is 0 Å². The van der Waals surface area contributed by atoms with E-state index in [1.807, 2.05) is 0 Å². The third-order valence-corrected chi connectivity index (χ3v) is 5.26. The summed E-state index contributed by atoms with van der Waals surface area (Å²) >= 11 is 3.67. The van der Waals surface area contributed by atoms with Gasteiger partial charge in [-0.1, -0.05) is 15.9 Å². The molecule has 1 aromatic rings. The summed E-state index contributed by atoms with van der Waals surface area (Å²) in [6.07, 6.45) is 0. The maximum Gasteiger partial charge on any atom is 0.127 e. The van der Waals surface area contributed by atoms with Gasteiger partial charge in [-0.05, 0) is 37.5 Å². The number of halogens is 1. The Morgan fingerprint density at radius 1 is 1.22 bits per heavy atom. The van der Waals surface area contributed by atoms with Crippen LogP contribution < -0.4 is 15.8 Å². The first kappa shape index (κ1) is 13.8. The number of ether oxygens (including phenoxy) is 1. The smallest absolute Gasteiger partial charge is 0.127 e. The van der Waals surface area contributed by atoms with Gasteiger partial charge in [0.1, 0.15) is 5.75 Å². The van der Waals surface area contributed by atoms with Crippen LogP contribution in [-0.2, 0) is 0 Å². The Morgan fingerprint density at radius 2 is 1.83 bits per heavy atom. The predicted octanol–water partition coefficient (Wildman–Crippen LogP) is 2.60. The molecule has 0 spiro atoms. The molecule has 0 aliphatic carbocycles. The van der Waals surface area contributed by atoms with Crippen LogP contribution in [0.4, 0.5) is 0 Å². The quantitative estimate of drug-likeness (QED) is 0.902. The van der Waals surface area contributed by atoms with Gasteiger partial charge in [0.25, 0.3) is 0 Å². The van der Waals surface area contributed by atoms with Gasteiger partial charge in [0.2, 0.25) is 0 Å². The van der Waals surface area contributed by atoms with E-state index in [1.165, 1.54) is 16.7 Å². The average molecular weight is 313 g/mol. The van der Waals surface area contributed by atoms with Gasteiger partial charge in [-0.2, -0.15) is 0 Å². The molecule has 1 heterocycles. The molecule has 3 nitrogen and oxygen atoms in total. The highest BCUT2D eigenvalue weighted by molar-refractivity contribution is 9.10. The zero-order valence-corrected chi connectivity index (χ0v) is 13.0. The largest absolute Gasteiger partial charge is 0.496 e. The fourth-order valence-corrected chi connectivity index (χ4v) is 3.08. The number of hydrogen-bond acceptors (Lipinski definition) is 3. The van der Waals surface area contributed by atoms with E-state index in [2.05, 4.69) is 42.0 Å². The van der Waals surface area contributed by atoms with E-state index in [-0.39, 0.29) is 6.04 Å². The molecule has 1 unspecified atom stereocenters. The van der Waals surface area contributed by atoms with Crippen LogP contribution in [0.2, 0.25) is 0 Å². The average Bonchev–Trinajstić information content (AvgIpc) is 2.28. The minimum Gasteiger partial charge on any atom is -0.496 e. The van der Waals surface area contributed by atoms with Crippen molar-refractivity contribution in [2.45, 2.75) is 26.8 Å². The highest BCUT2D eigenvalue weighted by Crippen LogP contribution is 2.41. The van der Waals surface area contributed by atoms with Crippen LogP contribution in [-0.4, -0.2) is 20.2 Å². The highest BCUT2D eigenvalue weighted by Gasteiger charge is 2.30. The molecule has 1 aromatic carbocycles. The molecule has 0 saturated carbocycles. The Hall–Kier alpha value is -0.580. The number of hydrogen-bond donors (Lipinski definition) is 2. The monoisotopic (exact) mass is 312 g/mol. The van der Waals surface area contributed by atoms with Crippen molar-refractivity contribution in [3.8, 4) is 5.75 Å². The van der Waals surface area contributed by atoms with Gasteiger partial charge in [-0.25, -0.2) is 0 Å². The molecule has 18 heavy (non-hydrogen) atoms. The second kappa shape index (κ2) is 5.19. The molecule has 1 aliphatic heterocycles. The topological polar surface area (TPSA) is 47.3 Å². The molecule has 1 aliphatic rings. The standard InChI is InChI=1S/C14H21BrN2O/c1-7-8(2)14(18-4)11(9(3)12(7)15)13(16)10-5-17-6-10/h10,13,17H,5-6,16H2,1-4H3. The third-order valence-electron chi connectivity index (χ3n) is 4.07. The van der Waals surface area contributed by atoms with Crippen molar-refractivity contribution in [2.24, 2.45) is 11.7 Å². The van der Waals surface area contributed by atoms with Crippen LogP contribution in [0.5, 0.6) is 5.75 Å². The molecule has 0 amide bonds. The van der Waals surface area contributed by atoms with E-state index in [0.717, 1.165) is 28.9 Å². The van der Waals surface area contributed by atoms with Crippen molar-refractivity contribution >= 4 is 15.9 Å². The summed E-state index contributed by atoms with van der Waals surface area (Å²) in [6, 6.07) is 0.0387. The lowest BCUT2D eigenvalue weighted by Gasteiger charge is -2.35. The van der Waals surface area contributed by atoms with Crippen molar-refractivity contribution in [3.63, 3.8) is 0 Å². The molecule has 3 N–H and O–H groups in total. The summed E-state index contributed by atoms with van der Waals surface area (Å²) in [7, 11) is 1.73. The Kier molecular flexibility index (Phi) is 3.99. The summed E-state index contributed by atoms with van der Waals surface area (Å²) in [5.41, 5.74) is 11.2. The van der Waals surface area contributed by atoms with Crippen LogP contribution in [0.25, 0.3) is 0 Å². The summed E-state index contributed by atoms with van der Waals surface area (Å²) < 4.78 is 6.76. The molecule has 2 rings (SSSR count). The Bertz CT molecular complexity index is 470. The van der Waals surface area contributed by atoms with E-state index >= 15 is 0 Å². The van der Waals surface area contributed by atoms with Gasteiger partial charge in [-0.3, -0.25) is 0 Å². The van der Waals surface area contributed by atoms with Crippen molar-refractivity contribution < 1.29 is 4.74 Å². The zero-order chi connectivity index (χ0) is 13.4. The number of nitrogens with one attached hydrogen (secondary N) is 1. The minimum absolute atomic E-state index is 0.0387. The molecular formula is C14H21BrN2O. The highest BCUT2D eigenvalue weighted by atomic mass is 79.9. The van der Waals surface area contributed by atoms with Crippen molar-refractivity contribution in [1.82, 2.24) is 5.32 Å². The molecule has 0 bridgehead atoms. The first-order chi connectivity index (χ1) is 8.49. The van der Waals surface area contributed by atoms with Gasteiger partial charge < -0.3 is 15.8 Å². The van der Waals surface area contributed by atoms with Gasteiger partial charge >= 0.3 is 0 Å². The second-order valence-corrected chi connectivity index (χ2v) is 5.87. The van der Waals surface area contributed by atoms with Gasteiger partial charge in [0.05, 0.1) is 7.11 Å². The van der Waals surface area contributed by atoms with E-state index in [9.17, 15) is 0 Å². The zero-order valence-electron chi connectivity index (χ0n) is 11.4. The van der Waals surface area contributed by atoms with Crippen LogP contribution in [0.3, 0.4) is 0 Å². The lowest BCUT2D eigenvalue weighted by molar-refractivity contribution is 0.287. The lowest BCUT2D eigenvalue weighted by Crippen LogP contribution is -2.47. The third kappa shape index (κ3) is 2.06. The summed E-state index contributed by atoms with van der Waals surface area (Å²) in [4.78, 5) is 0. The summed E-state index contributed by atoms with van der Waals surface area (Å²) in [5.74, 6) is 1.46. The molecule has 1 atom stereocenters. The molecule has 0 aromatic heterocycles. The Balaban J connectivity index is 2.56. The second-order valence-electron chi connectivity index (χ2n) is 5.08. The van der Waals surface area contributed by atoms with Gasteiger partial charge in [0.15, 0.2) is 0 Å². The van der Waals surface area contributed by atoms with Crippen LogP contribution in [0.15, 0.2) is 4.47 Å². The Morgan fingerprint density at radius 3 is 2.28 bits per heavy atom. The summed E-state index contributed by atoms with van der Waals surface area (Å²) in [5, 5.41) is 3.28. The normalized spacial score (nSPS) is 17.4. The molecule has 100 valence electrons. The molecular weight excluding hydrogens is 292 g/mol. The number of nitrogens with two attached hydrogens (primary N) is 1. The van der Waals surface area contributed by atoms with Gasteiger partial charge in [0, 0.05) is 35.1 Å².